The SMILES string of the molecule is COc1ccc([C@H]2C[C@H](C(F)(F)F)n3nc(C(=O)Nc4ccccc4C(F)(F)F)cc3N2)cc1OC. The van der Waals surface area contributed by atoms with Crippen molar-refractivity contribution in [3.05, 3.63) is 65.4 Å². The van der Waals surface area contributed by atoms with Gasteiger partial charge in [-0.1, -0.05) is 18.2 Å². The normalized spacial score (nSPS) is 17.7. The summed E-state index contributed by atoms with van der Waals surface area (Å²) in [5.41, 5.74) is -1.64. The molecule has 7 nitrogen and oxygen atoms in total. The van der Waals surface area contributed by atoms with Crippen molar-refractivity contribution < 1.29 is 40.6 Å². The van der Waals surface area contributed by atoms with Crippen LogP contribution in [0, 0.1) is 0 Å². The summed E-state index contributed by atoms with van der Waals surface area (Å²) in [6.45, 7) is 0. The molecule has 2 aromatic carbocycles. The molecule has 0 aliphatic carbocycles. The second-order valence-corrected chi connectivity index (χ2v) is 7.96. The number of fused-ring (bicyclic) bond motifs is 1. The van der Waals surface area contributed by atoms with Crippen molar-refractivity contribution in [1.29, 1.82) is 0 Å². The highest BCUT2D eigenvalue weighted by Crippen LogP contribution is 2.45. The van der Waals surface area contributed by atoms with E-state index in [1.165, 1.54) is 26.4 Å². The molecule has 4 rings (SSSR count). The van der Waals surface area contributed by atoms with Gasteiger partial charge in [0.05, 0.1) is 31.5 Å². The van der Waals surface area contributed by atoms with Gasteiger partial charge in [0, 0.05) is 12.5 Å². The number of carbonyl (C=O) groups is 1. The summed E-state index contributed by atoms with van der Waals surface area (Å²) in [4.78, 5) is 12.7. The first kappa shape index (κ1) is 25.2. The molecular weight excluding hydrogens is 494 g/mol. The van der Waals surface area contributed by atoms with Crippen LogP contribution in [0.25, 0.3) is 0 Å². The van der Waals surface area contributed by atoms with Crippen molar-refractivity contribution in [2.45, 2.75) is 30.9 Å². The number of halogens is 6. The second kappa shape index (κ2) is 9.28. The first-order valence-corrected chi connectivity index (χ1v) is 10.5. The van der Waals surface area contributed by atoms with E-state index in [9.17, 15) is 31.1 Å². The van der Waals surface area contributed by atoms with Gasteiger partial charge >= 0.3 is 12.4 Å². The van der Waals surface area contributed by atoms with E-state index in [2.05, 4.69) is 15.7 Å². The molecule has 1 aliphatic rings. The number of methoxy groups -OCH3 is 2. The second-order valence-electron chi connectivity index (χ2n) is 7.96. The predicted molar refractivity (Wildman–Crippen MR) is 117 cm³/mol. The highest BCUT2D eigenvalue weighted by Gasteiger charge is 2.47. The van der Waals surface area contributed by atoms with Crippen LogP contribution in [-0.2, 0) is 6.18 Å². The lowest BCUT2D eigenvalue weighted by molar-refractivity contribution is -0.173. The number of aromatic nitrogens is 2. The first-order chi connectivity index (χ1) is 16.9. The average molecular weight is 514 g/mol. The van der Waals surface area contributed by atoms with E-state index in [0.29, 0.717) is 21.7 Å². The maximum atomic E-state index is 14.0. The van der Waals surface area contributed by atoms with Crippen LogP contribution >= 0.6 is 0 Å². The number of rotatable bonds is 5. The number of carbonyl (C=O) groups excluding carboxylic acids is 1. The Morgan fingerprint density at radius 3 is 2.36 bits per heavy atom. The maximum absolute atomic E-state index is 14.0. The topological polar surface area (TPSA) is 77.4 Å². The fourth-order valence-electron chi connectivity index (χ4n) is 4.00. The lowest BCUT2D eigenvalue weighted by atomic mass is 9.96. The summed E-state index contributed by atoms with van der Waals surface area (Å²) in [6.07, 6.45) is -9.91. The van der Waals surface area contributed by atoms with Crippen LogP contribution in [0.15, 0.2) is 48.5 Å². The highest BCUT2D eigenvalue weighted by molar-refractivity contribution is 6.03. The molecule has 3 aromatic rings. The standard InChI is InChI=1S/C23H20F6N4O3/c1-35-17-8-7-12(9-18(17)36-2)15-10-19(23(27,28)29)33-20(30-15)11-16(32-33)21(34)31-14-6-4-3-5-13(14)22(24,25)26/h3-9,11,15,19,30H,10H2,1-2H3,(H,31,34)/t15-,19-/m1/s1. The number of benzene rings is 2. The fraction of sp³-hybridized carbons (Fsp3) is 0.304. The van der Waals surface area contributed by atoms with Crippen molar-refractivity contribution in [3.8, 4) is 11.5 Å². The third-order valence-electron chi connectivity index (χ3n) is 5.71. The van der Waals surface area contributed by atoms with Crippen LogP contribution in [0.5, 0.6) is 11.5 Å². The molecule has 0 fully saturated rings. The Morgan fingerprint density at radius 1 is 1.03 bits per heavy atom. The van der Waals surface area contributed by atoms with Gasteiger partial charge in [0.1, 0.15) is 5.82 Å². The van der Waals surface area contributed by atoms with E-state index in [4.69, 9.17) is 9.47 Å². The number of nitrogens with one attached hydrogen (secondary N) is 2. The zero-order valence-electron chi connectivity index (χ0n) is 18.9. The molecule has 2 heterocycles. The van der Waals surface area contributed by atoms with E-state index in [-0.39, 0.29) is 5.82 Å². The van der Waals surface area contributed by atoms with Gasteiger partial charge in [-0.2, -0.15) is 31.4 Å². The summed E-state index contributed by atoms with van der Waals surface area (Å²) >= 11 is 0. The van der Waals surface area contributed by atoms with E-state index in [1.807, 2.05) is 0 Å². The Balaban J connectivity index is 1.66. The average Bonchev–Trinajstić information content (AvgIpc) is 3.26. The number of hydrogen-bond donors (Lipinski definition) is 2. The van der Waals surface area contributed by atoms with Crippen molar-refractivity contribution in [2.75, 3.05) is 24.9 Å². The molecule has 1 aromatic heterocycles. The molecule has 1 amide bonds. The number of alkyl halides is 6. The van der Waals surface area contributed by atoms with Crippen LogP contribution < -0.4 is 20.1 Å². The molecule has 36 heavy (non-hydrogen) atoms. The first-order valence-electron chi connectivity index (χ1n) is 10.5. The van der Waals surface area contributed by atoms with Gasteiger partial charge < -0.3 is 20.1 Å². The number of hydrogen-bond acceptors (Lipinski definition) is 5. The van der Waals surface area contributed by atoms with Crippen LogP contribution in [0.2, 0.25) is 0 Å². The minimum absolute atomic E-state index is 0.113. The van der Waals surface area contributed by atoms with Gasteiger partial charge in [0.25, 0.3) is 5.91 Å². The summed E-state index contributed by atoms with van der Waals surface area (Å²) in [6, 6.07) is 7.09. The Morgan fingerprint density at radius 2 is 1.72 bits per heavy atom. The van der Waals surface area contributed by atoms with Gasteiger partial charge in [0.15, 0.2) is 23.2 Å². The van der Waals surface area contributed by atoms with Crippen LogP contribution in [0.1, 0.15) is 40.1 Å². The minimum atomic E-state index is -4.74. The van der Waals surface area contributed by atoms with Gasteiger partial charge in [-0.25, -0.2) is 4.68 Å². The fourth-order valence-corrected chi connectivity index (χ4v) is 4.00. The third-order valence-corrected chi connectivity index (χ3v) is 5.71. The molecule has 2 N–H and O–H groups in total. The molecule has 0 unspecified atom stereocenters. The summed E-state index contributed by atoms with van der Waals surface area (Å²) in [7, 11) is 2.82. The monoisotopic (exact) mass is 514 g/mol. The zero-order chi connectivity index (χ0) is 26.3. The summed E-state index contributed by atoms with van der Waals surface area (Å²) in [5, 5.41) is 8.79. The predicted octanol–water partition coefficient (Wildman–Crippen LogP) is 5.83. The third kappa shape index (κ3) is 4.90. The van der Waals surface area contributed by atoms with Crippen LogP contribution in [0.3, 0.4) is 0 Å². The van der Waals surface area contributed by atoms with Gasteiger partial charge in [-0.05, 0) is 29.8 Å². The Kier molecular flexibility index (Phi) is 6.50. The molecule has 0 radical (unpaired) electrons. The largest absolute Gasteiger partial charge is 0.493 e. The van der Waals surface area contributed by atoms with Crippen LogP contribution in [-0.4, -0.2) is 36.1 Å². The smallest absolute Gasteiger partial charge is 0.418 e. The lowest BCUT2D eigenvalue weighted by Crippen LogP contribution is -2.35. The molecule has 1 aliphatic heterocycles. The van der Waals surface area contributed by atoms with E-state index in [0.717, 1.165) is 24.3 Å². The molecular formula is C23H20F6N4O3. The molecule has 0 saturated carbocycles. The van der Waals surface area contributed by atoms with Gasteiger partial charge in [-0.15, -0.1) is 0 Å². The Hall–Kier alpha value is -3.90. The summed E-state index contributed by atoms with van der Waals surface area (Å²) < 4.78 is 92.6. The summed E-state index contributed by atoms with van der Waals surface area (Å²) in [5.74, 6) is -0.480. The number of amides is 1. The van der Waals surface area contributed by atoms with Crippen molar-refractivity contribution >= 4 is 17.4 Å². The molecule has 0 saturated heterocycles. The number of anilines is 2. The number of para-hydroxylation sites is 1. The highest BCUT2D eigenvalue weighted by atomic mass is 19.4. The molecule has 0 bridgehead atoms. The Bertz CT molecular complexity index is 1270. The zero-order valence-corrected chi connectivity index (χ0v) is 18.9. The van der Waals surface area contributed by atoms with E-state index < -0.39 is 53.7 Å². The molecule has 192 valence electrons. The quantitative estimate of drug-likeness (QED) is 0.419. The molecule has 2 atom stereocenters. The maximum Gasteiger partial charge on any atom is 0.418 e. The van der Waals surface area contributed by atoms with Gasteiger partial charge in [0.2, 0.25) is 0 Å². The minimum Gasteiger partial charge on any atom is -0.493 e. The lowest BCUT2D eigenvalue weighted by Gasteiger charge is -2.33. The van der Waals surface area contributed by atoms with E-state index in [1.54, 1.807) is 12.1 Å². The Labute approximate surface area is 201 Å². The van der Waals surface area contributed by atoms with Crippen LogP contribution in [0.4, 0.5) is 37.8 Å². The number of nitrogens with zero attached hydrogens (tertiary/aromatic N) is 2. The molecule has 13 heteroatoms. The van der Waals surface area contributed by atoms with Crippen molar-refractivity contribution in [2.24, 2.45) is 0 Å². The molecule has 0 spiro atoms. The number of ether oxygens (including phenoxy) is 2. The van der Waals surface area contributed by atoms with E-state index >= 15 is 0 Å². The van der Waals surface area contributed by atoms with Crippen molar-refractivity contribution in [1.82, 2.24) is 9.78 Å². The van der Waals surface area contributed by atoms with Gasteiger partial charge in [-0.3, -0.25) is 4.79 Å². The van der Waals surface area contributed by atoms with Crippen molar-refractivity contribution in [3.63, 3.8) is 0 Å².